The van der Waals surface area contributed by atoms with Gasteiger partial charge in [0, 0.05) is 37.0 Å². The van der Waals surface area contributed by atoms with Gasteiger partial charge in [0.1, 0.15) is 5.75 Å². The molecule has 0 bridgehead atoms. The number of benzene rings is 1. The molecule has 6 nitrogen and oxygen atoms in total. The zero-order valence-electron chi connectivity index (χ0n) is 18.8. The van der Waals surface area contributed by atoms with Crippen LogP contribution in [0.1, 0.15) is 56.2 Å². The second kappa shape index (κ2) is 9.19. The smallest absolute Gasteiger partial charge is 0.222 e. The van der Waals surface area contributed by atoms with Crippen LogP contribution in [0.3, 0.4) is 0 Å². The highest BCUT2D eigenvalue weighted by molar-refractivity contribution is 5.84. The summed E-state index contributed by atoms with van der Waals surface area (Å²) in [6, 6.07) is 4.21. The summed E-state index contributed by atoms with van der Waals surface area (Å²) in [6.07, 6.45) is 8.99. The number of carbonyl (C=O) groups excluding carboxylic acids is 1. The normalized spacial score (nSPS) is 20.8. The molecule has 0 radical (unpaired) electrons. The molecule has 31 heavy (non-hydrogen) atoms. The van der Waals surface area contributed by atoms with Gasteiger partial charge in [-0.2, -0.15) is 0 Å². The van der Waals surface area contributed by atoms with E-state index >= 15 is 0 Å². The van der Waals surface area contributed by atoms with Crippen molar-refractivity contribution >= 4 is 16.9 Å². The molecule has 2 saturated heterocycles. The number of hydrogen-bond donors (Lipinski definition) is 0. The molecular formula is C25H35N3O3. The largest absolute Gasteiger partial charge is 0.493 e. The maximum Gasteiger partial charge on any atom is 0.222 e. The zero-order valence-corrected chi connectivity index (χ0v) is 18.8. The van der Waals surface area contributed by atoms with E-state index in [1.54, 1.807) is 0 Å². The molecular weight excluding hydrogens is 390 g/mol. The Hall–Kier alpha value is -2.08. The first-order valence-corrected chi connectivity index (χ1v) is 12.2. The predicted molar refractivity (Wildman–Crippen MR) is 120 cm³/mol. The van der Waals surface area contributed by atoms with Crippen molar-refractivity contribution in [2.45, 2.75) is 58.3 Å². The standard InChI is InChI=1S/C25H35N3O3/c1-18-23(30-17-20-4-5-20)9-7-21-22(26-31-25(18)21)8-6-19-10-13-27(14-11-19)15-16-28-12-2-3-24(28)29/h7,9,19-20H,2-6,8,10-17H2,1H3. The Labute approximate surface area is 184 Å². The van der Waals surface area contributed by atoms with Gasteiger partial charge in [0.15, 0.2) is 5.58 Å². The number of hydrogen-bond acceptors (Lipinski definition) is 5. The summed E-state index contributed by atoms with van der Waals surface area (Å²) in [5, 5.41) is 5.55. The fraction of sp³-hybridized carbons (Fsp3) is 0.680. The third-order valence-corrected chi connectivity index (χ3v) is 7.44. The van der Waals surface area contributed by atoms with Gasteiger partial charge in [-0.3, -0.25) is 4.79 Å². The molecule has 6 heteroatoms. The third kappa shape index (κ3) is 4.89. The lowest BCUT2D eigenvalue weighted by atomic mass is 9.91. The molecule has 3 aliphatic rings. The lowest BCUT2D eigenvalue weighted by Crippen LogP contribution is -2.40. The molecule has 5 rings (SSSR count). The van der Waals surface area contributed by atoms with Gasteiger partial charge >= 0.3 is 0 Å². The highest BCUT2D eigenvalue weighted by Crippen LogP contribution is 2.34. The molecule has 168 valence electrons. The summed E-state index contributed by atoms with van der Waals surface area (Å²) in [5.74, 6) is 2.77. The number of likely N-dealkylation sites (tertiary alicyclic amines) is 2. The lowest BCUT2D eigenvalue weighted by Gasteiger charge is -2.33. The summed E-state index contributed by atoms with van der Waals surface area (Å²) in [6.45, 7) is 8.07. The minimum absolute atomic E-state index is 0.339. The molecule has 3 fully saturated rings. The van der Waals surface area contributed by atoms with Crippen LogP contribution in [0.15, 0.2) is 16.7 Å². The van der Waals surface area contributed by atoms with Gasteiger partial charge in [0.05, 0.1) is 12.3 Å². The van der Waals surface area contributed by atoms with Crippen LogP contribution in [-0.2, 0) is 11.2 Å². The second-order valence-corrected chi connectivity index (χ2v) is 9.76. The van der Waals surface area contributed by atoms with Crippen molar-refractivity contribution in [2.24, 2.45) is 11.8 Å². The van der Waals surface area contributed by atoms with Crippen LogP contribution in [0, 0.1) is 18.8 Å². The van der Waals surface area contributed by atoms with E-state index in [-0.39, 0.29) is 0 Å². The quantitative estimate of drug-likeness (QED) is 0.603. The van der Waals surface area contributed by atoms with Gasteiger partial charge < -0.3 is 19.1 Å². The molecule has 1 saturated carbocycles. The van der Waals surface area contributed by atoms with Crippen molar-refractivity contribution in [1.82, 2.24) is 15.0 Å². The highest BCUT2D eigenvalue weighted by atomic mass is 16.5. The number of nitrogens with zero attached hydrogens (tertiary/aromatic N) is 3. The Morgan fingerprint density at radius 2 is 1.94 bits per heavy atom. The molecule has 2 aliphatic heterocycles. The van der Waals surface area contributed by atoms with Crippen LogP contribution < -0.4 is 4.74 Å². The van der Waals surface area contributed by atoms with Crippen molar-refractivity contribution < 1.29 is 14.1 Å². The van der Waals surface area contributed by atoms with E-state index < -0.39 is 0 Å². The van der Waals surface area contributed by atoms with Crippen molar-refractivity contribution in [1.29, 1.82) is 0 Å². The molecule has 0 spiro atoms. The Kier molecular flexibility index (Phi) is 6.17. The van der Waals surface area contributed by atoms with E-state index in [2.05, 4.69) is 29.1 Å². The van der Waals surface area contributed by atoms with Crippen molar-refractivity contribution in [3.05, 3.63) is 23.4 Å². The summed E-state index contributed by atoms with van der Waals surface area (Å²) < 4.78 is 11.7. The lowest BCUT2D eigenvalue weighted by molar-refractivity contribution is -0.127. The Balaban J connectivity index is 1.09. The molecule has 2 aromatic rings. The number of amides is 1. The minimum atomic E-state index is 0.339. The summed E-state index contributed by atoms with van der Waals surface area (Å²) in [5.41, 5.74) is 3.04. The maximum absolute atomic E-state index is 11.8. The molecule has 1 aliphatic carbocycles. The number of piperidine rings is 1. The fourth-order valence-corrected chi connectivity index (χ4v) is 5.04. The van der Waals surface area contributed by atoms with E-state index in [0.29, 0.717) is 5.91 Å². The number of rotatable bonds is 9. The summed E-state index contributed by atoms with van der Waals surface area (Å²) >= 11 is 0. The minimum Gasteiger partial charge on any atom is -0.493 e. The number of aromatic nitrogens is 1. The number of ether oxygens (including phenoxy) is 1. The predicted octanol–water partition coefficient (Wildman–Crippen LogP) is 4.19. The van der Waals surface area contributed by atoms with Gasteiger partial charge in [-0.05, 0) is 88.9 Å². The average Bonchev–Trinajstić information content (AvgIpc) is 3.38. The van der Waals surface area contributed by atoms with E-state index in [4.69, 9.17) is 9.26 Å². The van der Waals surface area contributed by atoms with Crippen LogP contribution >= 0.6 is 0 Å². The van der Waals surface area contributed by atoms with E-state index in [1.807, 2.05) is 4.90 Å². The monoisotopic (exact) mass is 425 g/mol. The zero-order chi connectivity index (χ0) is 21.2. The molecule has 1 aromatic carbocycles. The average molecular weight is 426 g/mol. The molecule has 0 atom stereocenters. The first-order chi connectivity index (χ1) is 15.2. The number of carbonyl (C=O) groups is 1. The first kappa shape index (κ1) is 20.8. The maximum atomic E-state index is 11.8. The molecule has 3 heterocycles. The Morgan fingerprint density at radius 3 is 2.68 bits per heavy atom. The summed E-state index contributed by atoms with van der Waals surface area (Å²) in [7, 11) is 0. The van der Waals surface area contributed by atoms with E-state index in [0.717, 1.165) is 98.4 Å². The van der Waals surface area contributed by atoms with Gasteiger partial charge in [0.2, 0.25) is 5.91 Å². The molecule has 1 amide bonds. The second-order valence-electron chi connectivity index (χ2n) is 9.76. The summed E-state index contributed by atoms with van der Waals surface area (Å²) in [4.78, 5) is 16.3. The molecule has 1 aromatic heterocycles. The molecule has 0 N–H and O–H groups in total. The van der Waals surface area contributed by atoms with Gasteiger partial charge in [0.25, 0.3) is 0 Å². The highest BCUT2D eigenvalue weighted by Gasteiger charge is 2.25. The number of fused-ring (bicyclic) bond motifs is 1. The van der Waals surface area contributed by atoms with E-state index in [9.17, 15) is 4.79 Å². The van der Waals surface area contributed by atoms with Gasteiger partial charge in [-0.25, -0.2) is 0 Å². The third-order valence-electron chi connectivity index (χ3n) is 7.44. The van der Waals surface area contributed by atoms with Crippen LogP contribution in [0.5, 0.6) is 5.75 Å². The first-order valence-electron chi connectivity index (χ1n) is 12.2. The Morgan fingerprint density at radius 1 is 1.10 bits per heavy atom. The van der Waals surface area contributed by atoms with Crippen LogP contribution in [-0.4, -0.2) is 60.2 Å². The van der Waals surface area contributed by atoms with Crippen LogP contribution in [0.25, 0.3) is 11.0 Å². The van der Waals surface area contributed by atoms with Crippen LogP contribution in [0.4, 0.5) is 0 Å². The SMILES string of the molecule is Cc1c(OCC2CC2)ccc2c(CCC3CCN(CCN4CCCC4=O)CC3)noc12. The topological polar surface area (TPSA) is 58.8 Å². The van der Waals surface area contributed by atoms with Crippen LogP contribution in [0.2, 0.25) is 0 Å². The van der Waals surface area contributed by atoms with Gasteiger partial charge in [-0.1, -0.05) is 5.16 Å². The van der Waals surface area contributed by atoms with Crippen molar-refractivity contribution in [3.63, 3.8) is 0 Å². The Bertz CT molecular complexity index is 912. The van der Waals surface area contributed by atoms with E-state index in [1.165, 1.54) is 32.1 Å². The van der Waals surface area contributed by atoms with Gasteiger partial charge in [-0.15, -0.1) is 0 Å². The fourth-order valence-electron chi connectivity index (χ4n) is 5.04. The van der Waals surface area contributed by atoms with Crippen molar-refractivity contribution in [2.75, 3.05) is 39.3 Å². The van der Waals surface area contributed by atoms with Crippen molar-refractivity contribution in [3.8, 4) is 5.75 Å². The molecule has 0 unspecified atom stereocenters. The number of aryl methyl sites for hydroxylation is 2.